The molecule has 0 atom stereocenters. The van der Waals surface area contributed by atoms with E-state index in [1.54, 1.807) is 4.90 Å². The van der Waals surface area contributed by atoms with E-state index < -0.39 is 0 Å². The van der Waals surface area contributed by atoms with Gasteiger partial charge in [0.15, 0.2) is 0 Å². The molecule has 0 unspecified atom stereocenters. The first-order valence-electron chi connectivity index (χ1n) is 5.46. The van der Waals surface area contributed by atoms with Gasteiger partial charge in [0.25, 0.3) is 0 Å². The lowest BCUT2D eigenvalue weighted by molar-refractivity contribution is 0.118. The Kier molecular flexibility index (Phi) is 3.29. The molecule has 0 aromatic carbocycles. The molecule has 1 aliphatic heterocycles. The number of hydrogen-bond donors (Lipinski definition) is 0. The van der Waals surface area contributed by atoms with Crippen LogP contribution in [0.4, 0.5) is 4.79 Å². The van der Waals surface area contributed by atoms with Gasteiger partial charge in [-0.05, 0) is 24.4 Å². The van der Waals surface area contributed by atoms with E-state index in [1.165, 1.54) is 25.7 Å². The average molecular weight is 217 g/mol. The van der Waals surface area contributed by atoms with Gasteiger partial charge < -0.3 is 4.90 Å². The Bertz CT molecular complexity index is 208. The second-order valence-electron chi connectivity index (χ2n) is 4.21. The van der Waals surface area contributed by atoms with Crippen LogP contribution in [0.1, 0.15) is 25.7 Å². The van der Waals surface area contributed by atoms with Crippen molar-refractivity contribution in [1.82, 2.24) is 9.80 Å². The second kappa shape index (κ2) is 4.49. The first-order valence-corrected chi connectivity index (χ1v) is 5.83. The summed E-state index contributed by atoms with van der Waals surface area (Å²) in [4.78, 5) is 15.1. The lowest BCUT2D eigenvalue weighted by Crippen LogP contribution is -2.50. The van der Waals surface area contributed by atoms with Crippen molar-refractivity contribution < 1.29 is 4.79 Å². The summed E-state index contributed by atoms with van der Waals surface area (Å²) >= 11 is 5.43. The first-order chi connectivity index (χ1) is 6.77. The van der Waals surface area contributed by atoms with E-state index in [-0.39, 0.29) is 5.37 Å². The predicted molar refractivity (Wildman–Crippen MR) is 56.7 cm³/mol. The van der Waals surface area contributed by atoms with Crippen molar-refractivity contribution in [2.24, 2.45) is 0 Å². The van der Waals surface area contributed by atoms with E-state index in [9.17, 15) is 4.79 Å². The maximum absolute atomic E-state index is 10.9. The molecule has 80 valence electrons. The van der Waals surface area contributed by atoms with E-state index in [0.29, 0.717) is 0 Å². The fourth-order valence-corrected chi connectivity index (χ4v) is 2.70. The molecule has 4 heteroatoms. The molecule has 2 aliphatic rings. The Morgan fingerprint density at radius 1 is 1.07 bits per heavy atom. The normalized spacial score (nSPS) is 25.6. The molecule has 1 amide bonds. The van der Waals surface area contributed by atoms with E-state index >= 15 is 0 Å². The van der Waals surface area contributed by atoms with Crippen LogP contribution >= 0.6 is 11.6 Å². The summed E-state index contributed by atoms with van der Waals surface area (Å²) in [6.07, 6.45) is 5.43. The Labute approximate surface area is 90.0 Å². The number of carbonyl (C=O) groups is 1. The van der Waals surface area contributed by atoms with Gasteiger partial charge in [0, 0.05) is 32.2 Å². The standard InChI is InChI=1S/C10H17ClN2O/c11-10(14)13-7-5-12(6-8-13)9-3-1-2-4-9/h9H,1-8H2. The molecule has 0 aromatic rings. The molecule has 2 fully saturated rings. The number of halogens is 1. The predicted octanol–water partition coefficient (Wildman–Crippen LogP) is 1.91. The summed E-state index contributed by atoms with van der Waals surface area (Å²) in [5, 5.41) is -0.295. The summed E-state index contributed by atoms with van der Waals surface area (Å²) in [6, 6.07) is 0.780. The molecule has 1 saturated carbocycles. The highest BCUT2D eigenvalue weighted by molar-refractivity contribution is 6.62. The molecule has 3 nitrogen and oxygen atoms in total. The molecular formula is C10H17ClN2O. The monoisotopic (exact) mass is 216 g/mol. The highest BCUT2D eigenvalue weighted by atomic mass is 35.5. The van der Waals surface area contributed by atoms with Gasteiger partial charge in [-0.2, -0.15) is 0 Å². The lowest BCUT2D eigenvalue weighted by atomic mass is 10.2. The summed E-state index contributed by atoms with van der Waals surface area (Å²) < 4.78 is 0. The number of carbonyl (C=O) groups excluding carboxylic acids is 1. The molecule has 1 aliphatic carbocycles. The highest BCUT2D eigenvalue weighted by Crippen LogP contribution is 2.24. The van der Waals surface area contributed by atoms with Crippen LogP contribution in [0.5, 0.6) is 0 Å². The minimum Gasteiger partial charge on any atom is -0.327 e. The molecule has 0 spiro atoms. The Hall–Kier alpha value is -0.280. The maximum Gasteiger partial charge on any atom is 0.316 e. The van der Waals surface area contributed by atoms with Gasteiger partial charge in [0.05, 0.1) is 0 Å². The zero-order valence-corrected chi connectivity index (χ0v) is 9.17. The molecule has 0 N–H and O–H groups in total. The summed E-state index contributed by atoms with van der Waals surface area (Å²) in [5.74, 6) is 0. The molecule has 0 aromatic heterocycles. The molecule has 1 saturated heterocycles. The minimum atomic E-state index is -0.295. The third-order valence-corrected chi connectivity index (χ3v) is 3.64. The topological polar surface area (TPSA) is 23.6 Å². The van der Waals surface area contributed by atoms with Crippen LogP contribution in [0.15, 0.2) is 0 Å². The Morgan fingerprint density at radius 3 is 2.14 bits per heavy atom. The smallest absolute Gasteiger partial charge is 0.316 e. The Morgan fingerprint density at radius 2 is 1.64 bits per heavy atom. The van der Waals surface area contributed by atoms with E-state index in [0.717, 1.165) is 32.2 Å². The van der Waals surface area contributed by atoms with Gasteiger partial charge in [0.1, 0.15) is 0 Å². The van der Waals surface area contributed by atoms with Gasteiger partial charge in [-0.15, -0.1) is 0 Å². The van der Waals surface area contributed by atoms with Crippen LogP contribution in [0.3, 0.4) is 0 Å². The first kappa shape index (κ1) is 10.2. The average Bonchev–Trinajstić information content (AvgIpc) is 2.71. The fourth-order valence-electron chi connectivity index (χ4n) is 2.53. The number of amides is 1. The SMILES string of the molecule is O=C(Cl)N1CCN(C2CCCC2)CC1. The van der Waals surface area contributed by atoms with Crippen LogP contribution in [-0.4, -0.2) is 47.4 Å². The highest BCUT2D eigenvalue weighted by Gasteiger charge is 2.26. The largest absolute Gasteiger partial charge is 0.327 e. The van der Waals surface area contributed by atoms with Gasteiger partial charge >= 0.3 is 5.37 Å². The summed E-state index contributed by atoms with van der Waals surface area (Å²) in [7, 11) is 0. The number of rotatable bonds is 1. The van der Waals surface area contributed by atoms with Crippen LogP contribution in [0, 0.1) is 0 Å². The van der Waals surface area contributed by atoms with Crippen LogP contribution in [0.25, 0.3) is 0 Å². The fraction of sp³-hybridized carbons (Fsp3) is 0.900. The molecule has 1 heterocycles. The van der Waals surface area contributed by atoms with Crippen LogP contribution < -0.4 is 0 Å². The summed E-state index contributed by atoms with van der Waals surface area (Å²) in [6.45, 7) is 3.62. The molecule has 0 bridgehead atoms. The van der Waals surface area contributed by atoms with Gasteiger partial charge in [-0.1, -0.05) is 12.8 Å². The van der Waals surface area contributed by atoms with Crippen molar-refractivity contribution in [3.05, 3.63) is 0 Å². The second-order valence-corrected chi connectivity index (χ2v) is 4.54. The maximum atomic E-state index is 10.9. The van der Waals surface area contributed by atoms with Crippen molar-refractivity contribution in [2.45, 2.75) is 31.7 Å². The molecule has 0 radical (unpaired) electrons. The van der Waals surface area contributed by atoms with Gasteiger partial charge in [-0.3, -0.25) is 9.69 Å². The van der Waals surface area contributed by atoms with Gasteiger partial charge in [-0.25, -0.2) is 0 Å². The zero-order chi connectivity index (χ0) is 9.97. The van der Waals surface area contributed by atoms with E-state index in [4.69, 9.17) is 11.6 Å². The molecule has 2 rings (SSSR count). The minimum absolute atomic E-state index is 0.295. The van der Waals surface area contributed by atoms with Crippen molar-refractivity contribution in [1.29, 1.82) is 0 Å². The van der Waals surface area contributed by atoms with Crippen LogP contribution in [0.2, 0.25) is 0 Å². The Balaban J connectivity index is 1.80. The van der Waals surface area contributed by atoms with Crippen LogP contribution in [-0.2, 0) is 0 Å². The quantitative estimate of drug-likeness (QED) is 0.494. The third kappa shape index (κ3) is 2.20. The van der Waals surface area contributed by atoms with Crippen molar-refractivity contribution in [3.8, 4) is 0 Å². The number of nitrogens with zero attached hydrogens (tertiary/aromatic N) is 2. The number of hydrogen-bond acceptors (Lipinski definition) is 2. The summed E-state index contributed by atoms with van der Waals surface area (Å²) in [5.41, 5.74) is 0. The van der Waals surface area contributed by atoms with Crippen molar-refractivity contribution >= 4 is 17.0 Å². The van der Waals surface area contributed by atoms with Crippen molar-refractivity contribution in [3.63, 3.8) is 0 Å². The molecular weight excluding hydrogens is 200 g/mol. The number of piperazine rings is 1. The molecule has 14 heavy (non-hydrogen) atoms. The lowest BCUT2D eigenvalue weighted by Gasteiger charge is -2.37. The van der Waals surface area contributed by atoms with E-state index in [2.05, 4.69) is 4.90 Å². The third-order valence-electron chi connectivity index (χ3n) is 3.40. The van der Waals surface area contributed by atoms with Crippen molar-refractivity contribution in [2.75, 3.05) is 26.2 Å². The van der Waals surface area contributed by atoms with E-state index in [1.807, 2.05) is 0 Å². The van der Waals surface area contributed by atoms with Gasteiger partial charge in [0.2, 0.25) is 0 Å². The zero-order valence-electron chi connectivity index (χ0n) is 8.41.